The fourth-order valence-corrected chi connectivity index (χ4v) is 4.24. The van der Waals surface area contributed by atoms with Gasteiger partial charge in [0.15, 0.2) is 0 Å². The van der Waals surface area contributed by atoms with Crippen LogP contribution in [-0.4, -0.2) is 41.6 Å². The van der Waals surface area contributed by atoms with E-state index in [4.69, 9.17) is 5.73 Å². The summed E-state index contributed by atoms with van der Waals surface area (Å²) in [5.41, 5.74) is 6.45. The van der Waals surface area contributed by atoms with Gasteiger partial charge >= 0.3 is 12.0 Å². The highest BCUT2D eigenvalue weighted by atomic mass is 16.4. The van der Waals surface area contributed by atoms with Crippen molar-refractivity contribution in [2.45, 2.75) is 82.8 Å². The highest BCUT2D eigenvalue weighted by Gasteiger charge is 2.28. The quantitative estimate of drug-likeness (QED) is 0.315. The number of benzene rings is 1. The van der Waals surface area contributed by atoms with Gasteiger partial charge in [-0.25, -0.2) is 9.59 Å². The van der Waals surface area contributed by atoms with Gasteiger partial charge in [-0.1, -0.05) is 62.4 Å². The molecule has 0 radical (unpaired) electrons. The smallest absolute Gasteiger partial charge is 0.326 e. The van der Waals surface area contributed by atoms with Gasteiger partial charge in [0, 0.05) is 0 Å². The molecule has 0 aromatic heterocycles. The second kappa shape index (κ2) is 13.7. The molecule has 8 heteroatoms. The van der Waals surface area contributed by atoms with E-state index >= 15 is 0 Å². The summed E-state index contributed by atoms with van der Waals surface area (Å²) < 4.78 is 0. The Hall–Kier alpha value is -2.61. The lowest BCUT2D eigenvalue weighted by Crippen LogP contribution is -2.54. The molecule has 3 atom stereocenters. The van der Waals surface area contributed by atoms with Crippen molar-refractivity contribution in [1.29, 1.82) is 0 Å². The Labute approximate surface area is 190 Å². The molecule has 1 unspecified atom stereocenters. The van der Waals surface area contributed by atoms with Crippen LogP contribution in [-0.2, 0) is 9.59 Å². The zero-order chi connectivity index (χ0) is 23.3. The summed E-state index contributed by atoms with van der Waals surface area (Å²) in [4.78, 5) is 37.2. The minimum Gasteiger partial charge on any atom is -0.480 e. The summed E-state index contributed by atoms with van der Waals surface area (Å²) in [6, 6.07) is 7.08. The third-order valence-corrected chi connectivity index (χ3v) is 6.12. The maximum atomic E-state index is 13.1. The molecule has 0 spiro atoms. The van der Waals surface area contributed by atoms with E-state index in [0.717, 1.165) is 31.2 Å². The van der Waals surface area contributed by atoms with Crippen LogP contribution < -0.4 is 21.7 Å². The molecule has 1 aromatic rings. The monoisotopic (exact) mass is 446 g/mol. The molecule has 1 aromatic carbocycles. The van der Waals surface area contributed by atoms with E-state index in [9.17, 15) is 19.5 Å². The molecule has 178 valence electrons. The van der Waals surface area contributed by atoms with Gasteiger partial charge < -0.3 is 26.8 Å². The van der Waals surface area contributed by atoms with Gasteiger partial charge in [-0.3, -0.25) is 4.79 Å². The first kappa shape index (κ1) is 25.6. The van der Waals surface area contributed by atoms with E-state index < -0.39 is 24.1 Å². The third-order valence-electron chi connectivity index (χ3n) is 6.12. The van der Waals surface area contributed by atoms with Gasteiger partial charge in [0.1, 0.15) is 12.1 Å². The van der Waals surface area contributed by atoms with Crippen LogP contribution in [0.2, 0.25) is 0 Å². The largest absolute Gasteiger partial charge is 0.480 e. The summed E-state index contributed by atoms with van der Waals surface area (Å²) in [5, 5.41) is 17.7. The number of carbonyl (C=O) groups is 3. The van der Waals surface area contributed by atoms with E-state index in [-0.39, 0.29) is 11.9 Å². The van der Waals surface area contributed by atoms with Gasteiger partial charge in [0.2, 0.25) is 5.91 Å². The first-order valence-corrected chi connectivity index (χ1v) is 11.8. The topological polar surface area (TPSA) is 134 Å². The molecule has 1 fully saturated rings. The van der Waals surface area contributed by atoms with Crippen LogP contribution in [0.1, 0.15) is 76.3 Å². The van der Waals surface area contributed by atoms with Crippen molar-refractivity contribution in [3.8, 4) is 0 Å². The summed E-state index contributed by atoms with van der Waals surface area (Å²) in [6.45, 7) is 2.38. The minimum atomic E-state index is -1.09. The van der Waals surface area contributed by atoms with E-state index in [0.29, 0.717) is 38.1 Å². The Morgan fingerprint density at radius 3 is 2.28 bits per heavy atom. The summed E-state index contributed by atoms with van der Waals surface area (Å²) in [6.07, 6.45) is 7.69. The predicted octanol–water partition coefficient (Wildman–Crippen LogP) is 3.08. The molecule has 0 aliphatic heterocycles. The minimum absolute atomic E-state index is 0.203. The van der Waals surface area contributed by atoms with Crippen LogP contribution in [0.15, 0.2) is 30.3 Å². The average molecular weight is 447 g/mol. The lowest BCUT2D eigenvalue weighted by Gasteiger charge is -2.28. The first-order chi connectivity index (χ1) is 15.4. The number of nitrogens with one attached hydrogen (secondary N) is 3. The van der Waals surface area contributed by atoms with Gasteiger partial charge in [0.25, 0.3) is 0 Å². The van der Waals surface area contributed by atoms with E-state index in [1.54, 1.807) is 0 Å². The van der Waals surface area contributed by atoms with Gasteiger partial charge in [-0.15, -0.1) is 0 Å². The van der Waals surface area contributed by atoms with E-state index in [1.165, 1.54) is 6.42 Å². The Kier molecular flexibility index (Phi) is 11.0. The highest BCUT2D eigenvalue weighted by molar-refractivity contribution is 5.89. The fraction of sp³-hybridized carbons (Fsp3) is 0.625. The van der Waals surface area contributed by atoms with Gasteiger partial charge in [-0.2, -0.15) is 0 Å². The van der Waals surface area contributed by atoms with Crippen LogP contribution in [0, 0.1) is 5.92 Å². The zero-order valence-electron chi connectivity index (χ0n) is 19.0. The van der Waals surface area contributed by atoms with E-state index in [2.05, 4.69) is 16.0 Å². The Morgan fingerprint density at radius 1 is 1.00 bits per heavy atom. The normalized spacial score (nSPS) is 17.1. The third kappa shape index (κ3) is 8.86. The molecule has 0 heterocycles. The molecular formula is C24H38N4O4. The van der Waals surface area contributed by atoms with Crippen molar-refractivity contribution in [3.63, 3.8) is 0 Å². The standard InChI is InChI=1S/C24H38N4O4/c1-17(19-12-6-3-7-13-19)26-22(29)21(16-18-10-4-2-5-11-18)28-24(32)27-20(23(30)31)14-8-9-15-25/h3,6-7,12-13,17-18,20-21H,2,4-5,8-11,14-16,25H2,1H3,(H,26,29)(H,30,31)(H2,27,28,32)/t17?,20-,21+/m0/s1. The molecule has 0 bridgehead atoms. The van der Waals surface area contributed by atoms with Gasteiger partial charge in [-0.05, 0) is 50.6 Å². The number of amides is 3. The molecule has 6 N–H and O–H groups in total. The van der Waals surface area contributed by atoms with Crippen molar-refractivity contribution in [3.05, 3.63) is 35.9 Å². The van der Waals surface area contributed by atoms with Crippen LogP contribution in [0.25, 0.3) is 0 Å². The Bertz CT molecular complexity index is 722. The number of carbonyl (C=O) groups excluding carboxylic acids is 2. The molecule has 1 aliphatic carbocycles. The van der Waals surface area contributed by atoms with Crippen molar-refractivity contribution >= 4 is 17.9 Å². The molecular weight excluding hydrogens is 408 g/mol. The molecule has 1 aliphatic rings. The maximum Gasteiger partial charge on any atom is 0.326 e. The SMILES string of the molecule is CC(NC(=O)[C@@H](CC1CCCCC1)NC(=O)N[C@@H](CCCCN)C(=O)O)c1ccccc1. The molecule has 8 nitrogen and oxygen atoms in total. The number of aliphatic carboxylic acids is 1. The van der Waals surface area contributed by atoms with Crippen molar-refractivity contribution in [2.75, 3.05) is 6.54 Å². The molecule has 3 amide bonds. The number of urea groups is 1. The van der Waals surface area contributed by atoms with E-state index in [1.807, 2.05) is 37.3 Å². The maximum absolute atomic E-state index is 13.1. The molecule has 1 saturated carbocycles. The number of hydrogen-bond acceptors (Lipinski definition) is 4. The molecule has 2 rings (SSSR count). The zero-order valence-corrected chi connectivity index (χ0v) is 19.0. The number of carboxylic acid groups (broad SMARTS) is 1. The first-order valence-electron chi connectivity index (χ1n) is 11.8. The number of rotatable bonds is 12. The van der Waals surface area contributed by atoms with Crippen LogP contribution in [0.4, 0.5) is 4.79 Å². The fourth-order valence-electron chi connectivity index (χ4n) is 4.24. The van der Waals surface area contributed by atoms with Crippen LogP contribution >= 0.6 is 0 Å². The molecule has 0 saturated heterocycles. The van der Waals surface area contributed by atoms with Crippen molar-refractivity contribution < 1.29 is 19.5 Å². The lowest BCUT2D eigenvalue weighted by molar-refractivity contribution is -0.139. The number of hydrogen-bond donors (Lipinski definition) is 5. The Balaban J connectivity index is 2.01. The number of nitrogens with two attached hydrogens (primary N) is 1. The lowest BCUT2D eigenvalue weighted by atomic mass is 9.84. The van der Waals surface area contributed by atoms with Crippen LogP contribution in [0.3, 0.4) is 0 Å². The summed E-state index contributed by atoms with van der Waals surface area (Å²) in [5.74, 6) is -0.980. The predicted molar refractivity (Wildman–Crippen MR) is 124 cm³/mol. The van der Waals surface area contributed by atoms with Gasteiger partial charge in [0.05, 0.1) is 6.04 Å². The van der Waals surface area contributed by atoms with Crippen molar-refractivity contribution in [1.82, 2.24) is 16.0 Å². The second-order valence-electron chi connectivity index (χ2n) is 8.73. The summed E-state index contributed by atoms with van der Waals surface area (Å²) >= 11 is 0. The Morgan fingerprint density at radius 2 is 1.66 bits per heavy atom. The highest BCUT2D eigenvalue weighted by Crippen LogP contribution is 2.27. The van der Waals surface area contributed by atoms with Crippen LogP contribution in [0.5, 0.6) is 0 Å². The summed E-state index contributed by atoms with van der Waals surface area (Å²) in [7, 11) is 0. The second-order valence-corrected chi connectivity index (χ2v) is 8.73. The number of carboxylic acids is 1. The number of unbranched alkanes of at least 4 members (excludes halogenated alkanes) is 1. The van der Waals surface area contributed by atoms with Crippen molar-refractivity contribution in [2.24, 2.45) is 11.7 Å². The molecule has 32 heavy (non-hydrogen) atoms. The average Bonchev–Trinajstić information content (AvgIpc) is 2.79.